The molecule has 0 spiro atoms. The standard InChI is InChI=1S/C13H9FN2O4/c14-10-3-1-2-4-11(10)15-8-5-6-9(13(17)18)12(7-8)16(19)20/h1-7,15H,(H,17,18). The molecule has 0 bridgehead atoms. The summed E-state index contributed by atoms with van der Waals surface area (Å²) in [4.78, 5) is 20.9. The van der Waals surface area contributed by atoms with Gasteiger partial charge >= 0.3 is 5.97 Å². The Morgan fingerprint density at radius 2 is 1.95 bits per heavy atom. The van der Waals surface area contributed by atoms with Crippen molar-refractivity contribution in [3.63, 3.8) is 0 Å². The van der Waals surface area contributed by atoms with Gasteiger partial charge in [-0.25, -0.2) is 9.18 Å². The van der Waals surface area contributed by atoms with Crippen LogP contribution in [0.5, 0.6) is 0 Å². The quantitative estimate of drug-likeness (QED) is 0.660. The zero-order valence-electron chi connectivity index (χ0n) is 10.0. The Morgan fingerprint density at radius 1 is 1.25 bits per heavy atom. The van der Waals surface area contributed by atoms with Crippen LogP contribution in [0.4, 0.5) is 21.5 Å². The molecule has 0 fully saturated rings. The van der Waals surface area contributed by atoms with E-state index < -0.39 is 28.0 Å². The molecule has 7 heteroatoms. The third kappa shape index (κ3) is 2.72. The molecule has 102 valence electrons. The first kappa shape index (κ1) is 13.5. The van der Waals surface area contributed by atoms with Crippen LogP contribution in [0, 0.1) is 15.9 Å². The van der Waals surface area contributed by atoms with Crippen molar-refractivity contribution in [3.05, 3.63) is 64.0 Å². The van der Waals surface area contributed by atoms with Crippen molar-refractivity contribution in [1.29, 1.82) is 0 Å². The smallest absolute Gasteiger partial charge is 0.342 e. The molecule has 20 heavy (non-hydrogen) atoms. The molecule has 0 radical (unpaired) electrons. The summed E-state index contributed by atoms with van der Waals surface area (Å²) in [5, 5.41) is 22.4. The minimum absolute atomic E-state index is 0.143. The summed E-state index contributed by atoms with van der Waals surface area (Å²) >= 11 is 0. The molecule has 6 nitrogen and oxygen atoms in total. The number of benzene rings is 2. The number of halogens is 1. The largest absolute Gasteiger partial charge is 0.477 e. The van der Waals surface area contributed by atoms with Crippen molar-refractivity contribution < 1.29 is 19.2 Å². The summed E-state index contributed by atoms with van der Waals surface area (Å²) in [6, 6.07) is 9.30. The van der Waals surface area contributed by atoms with E-state index in [2.05, 4.69) is 5.32 Å². The molecule has 0 aromatic heterocycles. The maximum absolute atomic E-state index is 13.5. The van der Waals surface area contributed by atoms with Crippen LogP contribution in [0.3, 0.4) is 0 Å². The summed E-state index contributed by atoms with van der Waals surface area (Å²) in [6.07, 6.45) is 0. The third-order valence-corrected chi connectivity index (χ3v) is 2.58. The highest BCUT2D eigenvalue weighted by Crippen LogP contribution is 2.26. The Labute approximate surface area is 112 Å². The van der Waals surface area contributed by atoms with Crippen molar-refractivity contribution in [2.75, 3.05) is 5.32 Å². The van der Waals surface area contributed by atoms with Crippen LogP contribution in [-0.2, 0) is 0 Å². The number of nitro benzene ring substituents is 1. The highest BCUT2D eigenvalue weighted by molar-refractivity contribution is 5.93. The molecule has 0 amide bonds. The SMILES string of the molecule is O=C(O)c1ccc(Nc2ccccc2F)cc1[N+](=O)[O-]. The molecule has 0 unspecified atom stereocenters. The molecule has 0 saturated carbocycles. The minimum atomic E-state index is -1.39. The van der Waals surface area contributed by atoms with E-state index in [0.29, 0.717) is 0 Å². The monoisotopic (exact) mass is 276 g/mol. The first-order chi connectivity index (χ1) is 9.49. The van der Waals surface area contributed by atoms with Crippen LogP contribution in [0.1, 0.15) is 10.4 Å². The number of hydrogen-bond donors (Lipinski definition) is 2. The van der Waals surface area contributed by atoms with Gasteiger partial charge in [0.2, 0.25) is 0 Å². The number of carboxylic acid groups (broad SMARTS) is 1. The molecule has 0 saturated heterocycles. The van der Waals surface area contributed by atoms with Gasteiger partial charge in [-0.05, 0) is 24.3 Å². The molecular formula is C13H9FN2O4. The highest BCUT2D eigenvalue weighted by Gasteiger charge is 2.20. The normalized spacial score (nSPS) is 10.1. The fourth-order valence-electron chi connectivity index (χ4n) is 1.66. The number of nitrogens with one attached hydrogen (secondary N) is 1. The fraction of sp³-hybridized carbons (Fsp3) is 0. The van der Waals surface area contributed by atoms with Gasteiger partial charge in [0.25, 0.3) is 5.69 Å². The lowest BCUT2D eigenvalue weighted by atomic mass is 10.1. The number of aromatic carboxylic acids is 1. The molecular weight excluding hydrogens is 267 g/mol. The zero-order valence-corrected chi connectivity index (χ0v) is 10.0. The lowest BCUT2D eigenvalue weighted by Gasteiger charge is -2.08. The van der Waals surface area contributed by atoms with Gasteiger partial charge in [0.05, 0.1) is 10.6 Å². The van der Waals surface area contributed by atoms with E-state index in [1.165, 1.54) is 24.3 Å². The summed E-state index contributed by atoms with van der Waals surface area (Å²) in [6.45, 7) is 0. The average Bonchev–Trinajstić information content (AvgIpc) is 2.41. The first-order valence-electron chi connectivity index (χ1n) is 5.52. The molecule has 0 aliphatic heterocycles. The van der Waals surface area contributed by atoms with Crippen molar-refractivity contribution in [1.82, 2.24) is 0 Å². The van der Waals surface area contributed by atoms with Crippen LogP contribution >= 0.6 is 0 Å². The summed E-state index contributed by atoms with van der Waals surface area (Å²) in [5.41, 5.74) is -0.607. The van der Waals surface area contributed by atoms with Gasteiger partial charge in [0, 0.05) is 11.8 Å². The summed E-state index contributed by atoms with van der Waals surface area (Å²) < 4.78 is 13.5. The van der Waals surface area contributed by atoms with E-state index in [-0.39, 0.29) is 11.4 Å². The lowest BCUT2D eigenvalue weighted by molar-refractivity contribution is -0.385. The molecule has 2 aromatic rings. The first-order valence-corrected chi connectivity index (χ1v) is 5.52. The van der Waals surface area contributed by atoms with E-state index in [9.17, 15) is 19.3 Å². The van der Waals surface area contributed by atoms with Crippen molar-refractivity contribution in [2.24, 2.45) is 0 Å². The van der Waals surface area contributed by atoms with Crippen LogP contribution in [0.25, 0.3) is 0 Å². The number of anilines is 2. The van der Waals surface area contributed by atoms with Crippen LogP contribution < -0.4 is 5.32 Å². The van der Waals surface area contributed by atoms with E-state index in [0.717, 1.165) is 12.1 Å². The van der Waals surface area contributed by atoms with Gasteiger partial charge in [0.15, 0.2) is 0 Å². The van der Waals surface area contributed by atoms with Crippen molar-refractivity contribution in [2.45, 2.75) is 0 Å². The fourth-order valence-corrected chi connectivity index (χ4v) is 1.66. The summed E-state index contributed by atoms with van der Waals surface area (Å²) in [5.74, 6) is -1.91. The number of rotatable bonds is 4. The average molecular weight is 276 g/mol. The number of nitrogens with zero attached hydrogens (tertiary/aromatic N) is 1. The topological polar surface area (TPSA) is 92.5 Å². The number of carbonyl (C=O) groups is 1. The molecule has 2 N–H and O–H groups in total. The predicted molar refractivity (Wildman–Crippen MR) is 69.7 cm³/mol. The molecule has 0 aliphatic rings. The van der Waals surface area contributed by atoms with Crippen LogP contribution in [0.2, 0.25) is 0 Å². The molecule has 0 aliphatic carbocycles. The molecule has 0 atom stereocenters. The van der Waals surface area contributed by atoms with E-state index >= 15 is 0 Å². The van der Waals surface area contributed by atoms with Gasteiger partial charge in [-0.2, -0.15) is 0 Å². The Balaban J connectivity index is 2.40. The third-order valence-electron chi connectivity index (χ3n) is 2.58. The Hall–Kier alpha value is -2.96. The van der Waals surface area contributed by atoms with Crippen molar-refractivity contribution >= 4 is 23.0 Å². The Bertz CT molecular complexity index is 688. The number of carboxylic acids is 1. The van der Waals surface area contributed by atoms with E-state index in [1.54, 1.807) is 6.07 Å². The second-order valence-electron chi connectivity index (χ2n) is 3.90. The maximum atomic E-state index is 13.5. The van der Waals surface area contributed by atoms with Gasteiger partial charge in [0.1, 0.15) is 11.4 Å². The zero-order chi connectivity index (χ0) is 14.7. The second-order valence-corrected chi connectivity index (χ2v) is 3.90. The second kappa shape index (κ2) is 5.35. The molecule has 2 rings (SSSR count). The summed E-state index contributed by atoms with van der Waals surface area (Å²) in [7, 11) is 0. The number of para-hydroxylation sites is 1. The van der Waals surface area contributed by atoms with Gasteiger partial charge in [-0.3, -0.25) is 10.1 Å². The predicted octanol–water partition coefficient (Wildman–Crippen LogP) is 3.18. The van der Waals surface area contributed by atoms with Gasteiger partial charge in [-0.1, -0.05) is 12.1 Å². The van der Waals surface area contributed by atoms with Gasteiger partial charge in [-0.15, -0.1) is 0 Å². The lowest BCUT2D eigenvalue weighted by Crippen LogP contribution is -2.03. The van der Waals surface area contributed by atoms with E-state index in [4.69, 9.17) is 5.11 Å². The minimum Gasteiger partial charge on any atom is -0.477 e. The van der Waals surface area contributed by atoms with Crippen LogP contribution in [0.15, 0.2) is 42.5 Å². The van der Waals surface area contributed by atoms with Gasteiger partial charge < -0.3 is 10.4 Å². The molecule has 2 aromatic carbocycles. The number of hydrogen-bond acceptors (Lipinski definition) is 4. The Morgan fingerprint density at radius 3 is 2.55 bits per heavy atom. The maximum Gasteiger partial charge on any atom is 0.342 e. The number of nitro groups is 1. The van der Waals surface area contributed by atoms with Crippen molar-refractivity contribution in [3.8, 4) is 0 Å². The highest BCUT2D eigenvalue weighted by atomic mass is 19.1. The van der Waals surface area contributed by atoms with E-state index in [1.807, 2.05) is 0 Å². The Kier molecular flexibility index (Phi) is 3.60. The van der Waals surface area contributed by atoms with Crippen LogP contribution in [-0.4, -0.2) is 16.0 Å². The molecule has 0 heterocycles.